The van der Waals surface area contributed by atoms with E-state index in [2.05, 4.69) is 19.8 Å². The van der Waals surface area contributed by atoms with Crippen molar-refractivity contribution in [3.8, 4) is 11.5 Å². The number of fused-ring (bicyclic) bond motifs is 1. The number of rotatable bonds is 2. The first kappa shape index (κ1) is 12.5. The molecular weight excluding hydrogens is 268 g/mol. The fraction of sp³-hybridized carbons (Fsp3) is 0.154. The number of anilines is 3. The van der Waals surface area contributed by atoms with Gasteiger partial charge in [0.2, 0.25) is 0 Å². The van der Waals surface area contributed by atoms with Crippen LogP contribution in [-0.4, -0.2) is 11.3 Å². The fourth-order valence-corrected chi connectivity index (χ4v) is 1.89. The quantitative estimate of drug-likeness (QED) is 0.884. The summed E-state index contributed by atoms with van der Waals surface area (Å²) in [6.07, 6.45) is -2.10. The number of aromatic nitrogens is 1. The van der Waals surface area contributed by atoms with Gasteiger partial charge in [-0.3, -0.25) is 0 Å². The molecule has 0 spiro atoms. The van der Waals surface area contributed by atoms with Gasteiger partial charge in [0.25, 0.3) is 0 Å². The Hall–Kier alpha value is -2.57. The van der Waals surface area contributed by atoms with Crippen molar-refractivity contribution >= 4 is 17.2 Å². The Labute approximate surface area is 113 Å². The number of nitrogens with zero attached hydrogens (tertiary/aromatic N) is 1. The molecule has 0 atom stereocenters. The summed E-state index contributed by atoms with van der Waals surface area (Å²) < 4.78 is 34.5. The maximum atomic E-state index is 12.9. The lowest BCUT2D eigenvalue weighted by molar-refractivity contribution is -0.286. The lowest BCUT2D eigenvalue weighted by atomic mass is 10.2. The molecular formula is C13H11F2N3O2. The van der Waals surface area contributed by atoms with Crippen molar-refractivity contribution in [1.82, 2.24) is 4.98 Å². The molecule has 0 unspecified atom stereocenters. The highest BCUT2D eigenvalue weighted by Gasteiger charge is 2.43. The number of benzene rings is 1. The molecule has 104 valence electrons. The van der Waals surface area contributed by atoms with E-state index in [9.17, 15) is 8.78 Å². The van der Waals surface area contributed by atoms with E-state index in [1.165, 1.54) is 18.3 Å². The molecule has 0 bridgehead atoms. The van der Waals surface area contributed by atoms with Gasteiger partial charge >= 0.3 is 6.29 Å². The Balaban J connectivity index is 1.86. The highest BCUT2D eigenvalue weighted by molar-refractivity contribution is 5.64. The number of aryl methyl sites for hydroxylation is 1. The predicted octanol–water partition coefficient (Wildman–Crippen LogP) is 3.04. The zero-order valence-corrected chi connectivity index (χ0v) is 10.5. The summed E-state index contributed by atoms with van der Waals surface area (Å²) in [5, 5.41) is 3.01. The minimum absolute atomic E-state index is 0.00235. The topological polar surface area (TPSA) is 69.4 Å². The predicted molar refractivity (Wildman–Crippen MR) is 69.3 cm³/mol. The van der Waals surface area contributed by atoms with Crippen molar-refractivity contribution in [1.29, 1.82) is 0 Å². The van der Waals surface area contributed by atoms with Crippen LogP contribution in [0.3, 0.4) is 0 Å². The molecule has 1 aliphatic rings. The molecule has 3 N–H and O–H groups in total. The number of nitrogens with two attached hydrogens (primary N) is 1. The minimum Gasteiger partial charge on any atom is -0.397 e. The summed E-state index contributed by atoms with van der Waals surface area (Å²) in [6, 6.07) is 6.19. The number of hydrogen-bond acceptors (Lipinski definition) is 5. The molecule has 1 aromatic heterocycles. The molecule has 3 rings (SSSR count). The Kier molecular flexibility index (Phi) is 2.63. The fourth-order valence-electron chi connectivity index (χ4n) is 1.89. The van der Waals surface area contributed by atoms with Gasteiger partial charge in [-0.05, 0) is 30.7 Å². The van der Waals surface area contributed by atoms with Gasteiger partial charge in [-0.2, -0.15) is 0 Å². The van der Waals surface area contributed by atoms with E-state index in [1.807, 2.05) is 6.92 Å². The van der Waals surface area contributed by atoms with Crippen molar-refractivity contribution in [2.45, 2.75) is 13.2 Å². The van der Waals surface area contributed by atoms with Gasteiger partial charge in [0.05, 0.1) is 11.9 Å². The van der Waals surface area contributed by atoms with Gasteiger partial charge in [-0.25, -0.2) is 4.98 Å². The van der Waals surface area contributed by atoms with Gasteiger partial charge in [-0.1, -0.05) is 0 Å². The maximum Gasteiger partial charge on any atom is 0.586 e. The van der Waals surface area contributed by atoms with Crippen LogP contribution < -0.4 is 20.5 Å². The molecule has 1 aliphatic heterocycles. The SMILES string of the molecule is Cc1cc(N)cnc1Nc1ccc2c(c1)OC(F)(F)O2. The monoisotopic (exact) mass is 279 g/mol. The average Bonchev–Trinajstić information content (AvgIpc) is 2.66. The lowest BCUT2D eigenvalue weighted by Crippen LogP contribution is -2.25. The number of alkyl halides is 2. The first-order valence-corrected chi connectivity index (χ1v) is 5.82. The van der Waals surface area contributed by atoms with E-state index in [1.54, 1.807) is 12.1 Å². The van der Waals surface area contributed by atoms with Gasteiger partial charge in [0.15, 0.2) is 11.5 Å². The second kappa shape index (κ2) is 4.22. The smallest absolute Gasteiger partial charge is 0.397 e. The van der Waals surface area contributed by atoms with E-state index in [4.69, 9.17) is 5.73 Å². The lowest BCUT2D eigenvalue weighted by Gasteiger charge is -2.09. The Morgan fingerprint density at radius 1 is 1.20 bits per heavy atom. The summed E-state index contributed by atoms with van der Waals surface area (Å²) >= 11 is 0. The van der Waals surface area contributed by atoms with Gasteiger partial charge in [0.1, 0.15) is 5.82 Å². The highest BCUT2D eigenvalue weighted by Crippen LogP contribution is 2.42. The maximum absolute atomic E-state index is 12.9. The van der Waals surface area contributed by atoms with Crippen molar-refractivity contribution in [3.05, 3.63) is 36.0 Å². The first-order chi connectivity index (χ1) is 9.43. The third kappa shape index (κ3) is 2.29. The number of nitrogens with one attached hydrogen (secondary N) is 1. The molecule has 5 nitrogen and oxygen atoms in total. The van der Waals surface area contributed by atoms with E-state index >= 15 is 0 Å². The second-order valence-corrected chi connectivity index (χ2v) is 4.39. The standard InChI is InChI=1S/C13H11F2N3O2/c1-7-4-8(16)6-17-12(7)18-9-2-3-10-11(5-9)20-13(14,15)19-10/h2-6H,16H2,1H3,(H,17,18). The molecule has 0 amide bonds. The van der Waals surface area contributed by atoms with Crippen LogP contribution in [-0.2, 0) is 0 Å². The molecule has 2 heterocycles. The van der Waals surface area contributed by atoms with E-state index < -0.39 is 6.29 Å². The molecule has 0 fully saturated rings. The third-order valence-electron chi connectivity index (χ3n) is 2.76. The third-order valence-corrected chi connectivity index (χ3v) is 2.76. The second-order valence-electron chi connectivity index (χ2n) is 4.39. The molecule has 0 radical (unpaired) electrons. The Bertz CT molecular complexity index is 677. The Morgan fingerprint density at radius 2 is 1.95 bits per heavy atom. The summed E-state index contributed by atoms with van der Waals surface area (Å²) in [7, 11) is 0. The van der Waals surface area contributed by atoms with Crippen LogP contribution in [0.15, 0.2) is 30.5 Å². The number of nitrogen functional groups attached to an aromatic ring is 1. The van der Waals surface area contributed by atoms with Crippen molar-refractivity contribution in [3.63, 3.8) is 0 Å². The van der Waals surface area contributed by atoms with Gasteiger partial charge < -0.3 is 20.5 Å². The Morgan fingerprint density at radius 3 is 2.70 bits per heavy atom. The normalized spacial score (nSPS) is 15.2. The van der Waals surface area contributed by atoms with Crippen molar-refractivity contribution in [2.24, 2.45) is 0 Å². The minimum atomic E-state index is -3.61. The van der Waals surface area contributed by atoms with E-state index in [-0.39, 0.29) is 11.5 Å². The van der Waals surface area contributed by atoms with Crippen LogP contribution in [0.4, 0.5) is 26.0 Å². The molecule has 1 aromatic carbocycles. The largest absolute Gasteiger partial charge is 0.586 e. The van der Waals surface area contributed by atoms with Crippen LogP contribution in [0.1, 0.15) is 5.56 Å². The molecule has 2 aromatic rings. The number of pyridine rings is 1. The van der Waals surface area contributed by atoms with Crippen LogP contribution in [0.2, 0.25) is 0 Å². The molecule has 0 aliphatic carbocycles. The van der Waals surface area contributed by atoms with Crippen LogP contribution in [0.25, 0.3) is 0 Å². The van der Waals surface area contributed by atoms with Crippen molar-refractivity contribution < 1.29 is 18.3 Å². The van der Waals surface area contributed by atoms with Gasteiger partial charge in [0, 0.05) is 11.8 Å². The zero-order valence-electron chi connectivity index (χ0n) is 10.5. The molecule has 20 heavy (non-hydrogen) atoms. The molecule has 0 saturated carbocycles. The van der Waals surface area contributed by atoms with E-state index in [0.717, 1.165) is 5.56 Å². The number of hydrogen-bond donors (Lipinski definition) is 2. The zero-order chi connectivity index (χ0) is 14.3. The van der Waals surface area contributed by atoms with Gasteiger partial charge in [-0.15, -0.1) is 8.78 Å². The van der Waals surface area contributed by atoms with Crippen LogP contribution in [0, 0.1) is 6.92 Å². The molecule has 0 saturated heterocycles. The summed E-state index contributed by atoms with van der Waals surface area (Å²) in [5.41, 5.74) is 7.57. The summed E-state index contributed by atoms with van der Waals surface area (Å²) in [6.45, 7) is 1.84. The summed E-state index contributed by atoms with van der Waals surface area (Å²) in [5.74, 6) is 0.570. The number of ether oxygens (including phenoxy) is 2. The van der Waals surface area contributed by atoms with E-state index in [0.29, 0.717) is 17.2 Å². The van der Waals surface area contributed by atoms with Crippen molar-refractivity contribution in [2.75, 3.05) is 11.1 Å². The number of halogens is 2. The molecule has 7 heteroatoms. The highest BCUT2D eigenvalue weighted by atomic mass is 19.3. The summed E-state index contributed by atoms with van der Waals surface area (Å²) in [4.78, 5) is 4.14. The van der Waals surface area contributed by atoms with Crippen LogP contribution >= 0.6 is 0 Å². The van der Waals surface area contributed by atoms with Crippen LogP contribution in [0.5, 0.6) is 11.5 Å². The first-order valence-electron chi connectivity index (χ1n) is 5.82. The average molecular weight is 279 g/mol.